The smallest absolute Gasteiger partial charge is 0.414 e. The molecule has 0 aromatic rings. The molecule has 0 bridgehead atoms. The number of hydrogen-bond acceptors (Lipinski definition) is 2. The monoisotopic (exact) mass is 122 g/mol. The highest BCUT2D eigenvalue weighted by molar-refractivity contribution is 7.59. The van der Waals surface area contributed by atoms with Crippen molar-refractivity contribution in [1.82, 2.24) is 0 Å². The van der Waals surface area contributed by atoms with Crippen LogP contribution in [0.25, 0.3) is 0 Å². The fourth-order valence-electron chi connectivity index (χ4n) is 0. The van der Waals surface area contributed by atoms with Crippen molar-refractivity contribution in [1.29, 1.82) is 0 Å². The lowest BCUT2D eigenvalue weighted by Gasteiger charge is -1.72. The van der Waals surface area contributed by atoms with Crippen LogP contribution in [0, 0.1) is 0 Å². The molecule has 40 valence electrons. The molecule has 0 fully saturated rings. The van der Waals surface area contributed by atoms with Gasteiger partial charge in [0.05, 0.1) is 0 Å². The van der Waals surface area contributed by atoms with Crippen LogP contribution in [0.2, 0.25) is 0 Å². The fourth-order valence-corrected chi connectivity index (χ4v) is 0. The second-order valence-electron chi connectivity index (χ2n) is 0.610. The molecule has 2 N–H and O–H groups in total. The summed E-state index contributed by atoms with van der Waals surface area (Å²) < 4.78 is 0. The molecule has 0 spiro atoms. The summed E-state index contributed by atoms with van der Waals surface area (Å²) in [4.78, 5) is 18.2. The van der Waals surface area contributed by atoms with Crippen LogP contribution in [0.4, 0.5) is 0 Å². The van der Waals surface area contributed by atoms with Gasteiger partial charge in [0.1, 0.15) is 0 Å². The first kappa shape index (κ1) is 9.56. The van der Waals surface area contributed by atoms with Crippen LogP contribution in [0.1, 0.15) is 0 Å². The summed E-state index contributed by atoms with van der Waals surface area (Å²) in [6.45, 7) is 0. The highest BCUT2D eigenvalue weighted by Gasteiger charge is 2.04. The normalized spacial score (nSPS) is 6.29. The third-order valence-electron chi connectivity index (χ3n) is 0.183. The van der Waals surface area contributed by atoms with E-state index < -0.39 is 11.9 Å². The van der Waals surface area contributed by atoms with Crippen LogP contribution in [0.3, 0.4) is 0 Å². The van der Waals surface area contributed by atoms with E-state index in [0.717, 1.165) is 0 Å². The third-order valence-corrected chi connectivity index (χ3v) is 0.183. The predicted molar refractivity (Wildman–Crippen MR) is 22.9 cm³/mol. The molecule has 0 aromatic heterocycles. The Balaban J connectivity index is 0. The van der Waals surface area contributed by atoms with Crippen molar-refractivity contribution in [3.63, 3.8) is 0 Å². The van der Waals surface area contributed by atoms with Crippen LogP contribution in [-0.4, -0.2) is 22.2 Å². The molecule has 0 aliphatic carbocycles. The first-order valence-corrected chi connectivity index (χ1v) is 1.11. The average Bonchev–Trinajstić information content (AvgIpc) is 1.36. The number of carboxylic acids is 2. The molecule has 0 amide bonds. The van der Waals surface area contributed by atoms with Crippen molar-refractivity contribution in [2.45, 2.75) is 0 Å². The lowest BCUT2D eigenvalue weighted by atomic mass is 10.7. The molecule has 0 saturated carbocycles. The Morgan fingerprint density at radius 2 is 1.14 bits per heavy atom. The molecule has 0 aliphatic rings. The lowest BCUT2D eigenvalue weighted by Crippen LogP contribution is -2.09. The summed E-state index contributed by atoms with van der Waals surface area (Å²) in [6, 6.07) is 0. The maximum atomic E-state index is 9.10. The van der Waals surface area contributed by atoms with Crippen molar-refractivity contribution in [3.8, 4) is 0 Å². The Bertz CT molecular complexity index is 75.7. The second kappa shape index (κ2) is 3.48. The summed E-state index contributed by atoms with van der Waals surface area (Å²) in [7, 11) is 0. The molecule has 0 unspecified atom stereocenters. The SMILES string of the molecule is O=C(O)C(=O)O.[S]. The van der Waals surface area contributed by atoms with Crippen LogP contribution in [0.15, 0.2) is 0 Å². The largest absolute Gasteiger partial charge is 0.473 e. The van der Waals surface area contributed by atoms with Crippen molar-refractivity contribution in [3.05, 3.63) is 0 Å². The standard InChI is InChI=1S/C2H2O4.S/c3-1(4)2(5)6;/h(H,3,4)(H,5,6);. The zero-order chi connectivity index (χ0) is 5.15. The molecule has 7 heavy (non-hydrogen) atoms. The van der Waals surface area contributed by atoms with Gasteiger partial charge in [0, 0.05) is 13.5 Å². The summed E-state index contributed by atoms with van der Waals surface area (Å²) in [5.41, 5.74) is 0. The Morgan fingerprint density at radius 1 is 1.00 bits per heavy atom. The van der Waals surface area contributed by atoms with E-state index in [2.05, 4.69) is 0 Å². The molecule has 0 saturated heterocycles. The van der Waals surface area contributed by atoms with Gasteiger partial charge in [-0.15, -0.1) is 0 Å². The van der Waals surface area contributed by atoms with Crippen molar-refractivity contribution < 1.29 is 19.8 Å². The number of carboxylic acid groups (broad SMARTS) is 2. The molecule has 0 atom stereocenters. The van der Waals surface area contributed by atoms with E-state index in [1.165, 1.54) is 0 Å². The summed E-state index contributed by atoms with van der Waals surface area (Å²) in [5, 5.41) is 14.8. The van der Waals surface area contributed by atoms with Gasteiger partial charge in [0.15, 0.2) is 0 Å². The van der Waals surface area contributed by atoms with Gasteiger partial charge in [-0.05, 0) is 0 Å². The summed E-state index contributed by atoms with van der Waals surface area (Å²) >= 11 is 0. The number of hydrogen-bond donors (Lipinski definition) is 2. The van der Waals surface area contributed by atoms with Gasteiger partial charge < -0.3 is 10.2 Å². The maximum Gasteiger partial charge on any atom is 0.414 e. The topological polar surface area (TPSA) is 74.6 Å². The van der Waals surface area contributed by atoms with E-state index in [4.69, 9.17) is 19.8 Å². The highest BCUT2D eigenvalue weighted by atomic mass is 32.1. The Labute approximate surface area is 46.2 Å². The van der Waals surface area contributed by atoms with Crippen molar-refractivity contribution in [2.75, 3.05) is 0 Å². The summed E-state index contributed by atoms with van der Waals surface area (Å²) in [6.07, 6.45) is 0. The van der Waals surface area contributed by atoms with Gasteiger partial charge in [-0.25, -0.2) is 9.59 Å². The van der Waals surface area contributed by atoms with Gasteiger partial charge in [-0.2, -0.15) is 0 Å². The van der Waals surface area contributed by atoms with Crippen LogP contribution >= 0.6 is 13.5 Å². The molecule has 5 heteroatoms. The number of rotatable bonds is 0. The van der Waals surface area contributed by atoms with Crippen molar-refractivity contribution in [2.24, 2.45) is 0 Å². The number of aliphatic carboxylic acids is 2. The van der Waals surface area contributed by atoms with Gasteiger partial charge in [-0.3, -0.25) is 0 Å². The zero-order valence-electron chi connectivity index (χ0n) is 3.12. The van der Waals surface area contributed by atoms with Gasteiger partial charge in [0.25, 0.3) is 0 Å². The highest BCUT2D eigenvalue weighted by Crippen LogP contribution is 1.56. The number of carbonyl (C=O) groups is 2. The maximum absolute atomic E-state index is 9.10. The Kier molecular flexibility index (Phi) is 4.75. The van der Waals surface area contributed by atoms with E-state index in [9.17, 15) is 0 Å². The minimum atomic E-state index is -1.82. The Morgan fingerprint density at radius 3 is 1.14 bits per heavy atom. The van der Waals surface area contributed by atoms with E-state index in [-0.39, 0.29) is 13.5 Å². The molecular formula is C2H2O4S. The van der Waals surface area contributed by atoms with Crippen LogP contribution in [0.5, 0.6) is 0 Å². The minimum absolute atomic E-state index is 0. The fraction of sp³-hybridized carbons (Fsp3) is 0. The molecule has 4 nitrogen and oxygen atoms in total. The first-order chi connectivity index (χ1) is 2.64. The van der Waals surface area contributed by atoms with Gasteiger partial charge >= 0.3 is 11.9 Å². The van der Waals surface area contributed by atoms with E-state index in [0.29, 0.717) is 0 Å². The predicted octanol–water partition coefficient (Wildman–Crippen LogP) is -0.196. The average molecular weight is 122 g/mol. The van der Waals surface area contributed by atoms with Gasteiger partial charge in [-0.1, -0.05) is 0 Å². The van der Waals surface area contributed by atoms with E-state index in [1.807, 2.05) is 0 Å². The third kappa shape index (κ3) is 5.29. The molecule has 0 aromatic carbocycles. The second-order valence-corrected chi connectivity index (χ2v) is 0.610. The van der Waals surface area contributed by atoms with Gasteiger partial charge in [0.2, 0.25) is 0 Å². The quantitative estimate of drug-likeness (QED) is 0.436. The zero-order valence-corrected chi connectivity index (χ0v) is 3.94. The van der Waals surface area contributed by atoms with Crippen LogP contribution < -0.4 is 0 Å². The summed E-state index contributed by atoms with van der Waals surface area (Å²) in [5.74, 6) is -3.65. The lowest BCUT2D eigenvalue weighted by molar-refractivity contribution is -0.159. The Hall–Kier alpha value is -0.710. The molecule has 0 heterocycles. The first-order valence-electron chi connectivity index (χ1n) is 1.11. The van der Waals surface area contributed by atoms with Crippen LogP contribution in [-0.2, 0) is 9.59 Å². The molecule has 0 aliphatic heterocycles. The molecular weight excluding hydrogens is 120 g/mol. The minimum Gasteiger partial charge on any atom is -0.473 e. The van der Waals surface area contributed by atoms with Crippen molar-refractivity contribution >= 4 is 25.4 Å². The molecule has 0 rings (SSSR count). The van der Waals surface area contributed by atoms with E-state index in [1.54, 1.807) is 0 Å². The molecule has 2 radical (unpaired) electrons. The van der Waals surface area contributed by atoms with E-state index >= 15 is 0 Å².